The third kappa shape index (κ3) is 6.21. The number of hydrogen-bond donors (Lipinski definition) is 1. The van der Waals surface area contributed by atoms with Gasteiger partial charge in [0.25, 0.3) is 5.91 Å². The number of alkyl halides is 3. The van der Waals surface area contributed by atoms with Crippen molar-refractivity contribution in [3.05, 3.63) is 83.6 Å². The number of carbonyl (C=O) groups is 1. The van der Waals surface area contributed by atoms with Gasteiger partial charge in [-0.25, -0.2) is 0 Å². The third-order valence-corrected chi connectivity index (χ3v) is 5.75. The molecule has 34 heavy (non-hydrogen) atoms. The Labute approximate surface area is 196 Å². The molecule has 0 radical (unpaired) electrons. The standard InChI is InChI=1S/C26H26F3N3O2/c27-26(28,29)22-9-4-10-23(17-22)31-25(33)21-16-20(8-5-11-32-12-14-34-15-13-32)24(30-18-21)19-6-2-1-3-7-19/h1-4,6-7,9-10,16-18H,5,8,11-15H2,(H,31,33). The second-order valence-corrected chi connectivity index (χ2v) is 8.19. The number of amides is 1. The van der Waals surface area contributed by atoms with Gasteiger partial charge in [-0.1, -0.05) is 36.4 Å². The van der Waals surface area contributed by atoms with Crippen LogP contribution in [0.5, 0.6) is 0 Å². The van der Waals surface area contributed by atoms with Gasteiger partial charge in [0.15, 0.2) is 0 Å². The van der Waals surface area contributed by atoms with E-state index < -0.39 is 17.6 Å². The largest absolute Gasteiger partial charge is 0.416 e. The highest BCUT2D eigenvalue weighted by Gasteiger charge is 2.30. The number of nitrogens with zero attached hydrogens (tertiary/aromatic N) is 2. The summed E-state index contributed by atoms with van der Waals surface area (Å²) in [5, 5.41) is 2.56. The van der Waals surface area contributed by atoms with Crippen LogP contribution < -0.4 is 5.32 Å². The number of halogens is 3. The van der Waals surface area contributed by atoms with E-state index in [1.54, 1.807) is 6.07 Å². The Morgan fingerprint density at radius 3 is 2.53 bits per heavy atom. The number of rotatable bonds is 7. The van der Waals surface area contributed by atoms with Crippen LogP contribution in [0.25, 0.3) is 11.3 Å². The van der Waals surface area contributed by atoms with Gasteiger partial charge in [-0.05, 0) is 49.2 Å². The molecule has 1 amide bonds. The third-order valence-electron chi connectivity index (χ3n) is 5.75. The van der Waals surface area contributed by atoms with Crippen molar-refractivity contribution in [3.63, 3.8) is 0 Å². The average Bonchev–Trinajstić information content (AvgIpc) is 2.85. The number of ether oxygens (including phenoxy) is 1. The quantitative estimate of drug-likeness (QED) is 0.511. The molecule has 8 heteroatoms. The van der Waals surface area contributed by atoms with Gasteiger partial charge in [-0.2, -0.15) is 13.2 Å². The second kappa shape index (κ2) is 10.8. The van der Waals surface area contributed by atoms with Crippen LogP contribution in [-0.4, -0.2) is 48.6 Å². The van der Waals surface area contributed by atoms with Crippen LogP contribution in [0.15, 0.2) is 66.9 Å². The Balaban J connectivity index is 1.53. The van der Waals surface area contributed by atoms with Crippen molar-refractivity contribution in [3.8, 4) is 11.3 Å². The molecule has 0 spiro atoms. The lowest BCUT2D eigenvalue weighted by Crippen LogP contribution is -2.36. The number of aryl methyl sites for hydroxylation is 1. The molecule has 0 atom stereocenters. The van der Waals surface area contributed by atoms with E-state index >= 15 is 0 Å². The van der Waals surface area contributed by atoms with Crippen molar-refractivity contribution in [2.24, 2.45) is 0 Å². The van der Waals surface area contributed by atoms with Crippen LogP contribution in [0.3, 0.4) is 0 Å². The zero-order valence-electron chi connectivity index (χ0n) is 18.6. The summed E-state index contributed by atoms with van der Waals surface area (Å²) in [6, 6.07) is 16.1. The van der Waals surface area contributed by atoms with Crippen LogP contribution in [-0.2, 0) is 17.3 Å². The first-order valence-corrected chi connectivity index (χ1v) is 11.2. The van der Waals surface area contributed by atoms with E-state index in [2.05, 4.69) is 15.2 Å². The molecule has 178 valence electrons. The van der Waals surface area contributed by atoms with E-state index in [1.807, 2.05) is 30.3 Å². The molecule has 2 heterocycles. The summed E-state index contributed by atoms with van der Waals surface area (Å²) < 4.78 is 44.4. The zero-order chi connectivity index (χ0) is 24.0. The maximum absolute atomic E-state index is 13.0. The maximum atomic E-state index is 13.0. The molecule has 3 aromatic rings. The average molecular weight is 470 g/mol. The van der Waals surface area contributed by atoms with Crippen molar-refractivity contribution in [2.45, 2.75) is 19.0 Å². The van der Waals surface area contributed by atoms with E-state index in [0.29, 0.717) is 5.56 Å². The number of morpholine rings is 1. The Kier molecular flexibility index (Phi) is 7.59. The second-order valence-electron chi connectivity index (χ2n) is 8.19. The van der Waals surface area contributed by atoms with Gasteiger partial charge in [0.2, 0.25) is 0 Å². The zero-order valence-corrected chi connectivity index (χ0v) is 18.6. The van der Waals surface area contributed by atoms with Gasteiger partial charge in [0.1, 0.15) is 0 Å². The van der Waals surface area contributed by atoms with E-state index in [9.17, 15) is 18.0 Å². The van der Waals surface area contributed by atoms with Gasteiger partial charge >= 0.3 is 6.18 Å². The number of carbonyl (C=O) groups excluding carboxylic acids is 1. The van der Waals surface area contributed by atoms with Crippen molar-refractivity contribution < 1.29 is 22.7 Å². The van der Waals surface area contributed by atoms with Crippen LogP contribution in [0, 0.1) is 0 Å². The fourth-order valence-corrected chi connectivity index (χ4v) is 3.98. The number of hydrogen-bond acceptors (Lipinski definition) is 4. The van der Waals surface area contributed by atoms with Crippen molar-refractivity contribution in [1.29, 1.82) is 0 Å². The number of anilines is 1. The molecule has 1 N–H and O–H groups in total. The van der Waals surface area contributed by atoms with E-state index in [0.717, 1.165) is 74.6 Å². The predicted octanol–water partition coefficient (Wildman–Crippen LogP) is 5.28. The minimum Gasteiger partial charge on any atom is -0.379 e. The highest BCUT2D eigenvalue weighted by molar-refractivity contribution is 6.04. The SMILES string of the molecule is O=C(Nc1cccc(C(F)(F)F)c1)c1cnc(-c2ccccc2)c(CCCN2CCOCC2)c1. The Bertz CT molecular complexity index is 1110. The molecular weight excluding hydrogens is 443 g/mol. The summed E-state index contributed by atoms with van der Waals surface area (Å²) >= 11 is 0. The normalized spacial score (nSPS) is 14.7. The lowest BCUT2D eigenvalue weighted by Gasteiger charge is -2.26. The number of pyridine rings is 1. The van der Waals surface area contributed by atoms with E-state index in [-0.39, 0.29) is 5.69 Å². The molecule has 5 nitrogen and oxygen atoms in total. The van der Waals surface area contributed by atoms with Crippen molar-refractivity contribution in [2.75, 3.05) is 38.2 Å². The maximum Gasteiger partial charge on any atom is 0.416 e. The summed E-state index contributed by atoms with van der Waals surface area (Å²) in [4.78, 5) is 19.8. The first-order valence-electron chi connectivity index (χ1n) is 11.2. The number of benzene rings is 2. The monoisotopic (exact) mass is 469 g/mol. The molecule has 0 saturated carbocycles. The first-order chi connectivity index (χ1) is 16.4. The molecular formula is C26H26F3N3O2. The Morgan fingerprint density at radius 2 is 1.79 bits per heavy atom. The first kappa shape index (κ1) is 23.9. The van der Waals surface area contributed by atoms with Gasteiger partial charge in [0, 0.05) is 30.5 Å². The molecule has 1 aliphatic heterocycles. The lowest BCUT2D eigenvalue weighted by molar-refractivity contribution is -0.137. The predicted molar refractivity (Wildman–Crippen MR) is 125 cm³/mol. The number of aromatic nitrogens is 1. The minimum absolute atomic E-state index is 0.0841. The lowest BCUT2D eigenvalue weighted by atomic mass is 10.00. The van der Waals surface area contributed by atoms with Gasteiger partial charge < -0.3 is 10.1 Å². The molecule has 0 bridgehead atoms. The molecule has 1 fully saturated rings. The Hall–Kier alpha value is -3.23. The summed E-state index contributed by atoms with van der Waals surface area (Å²) in [5.74, 6) is -0.499. The summed E-state index contributed by atoms with van der Waals surface area (Å²) in [6.07, 6.45) is -1.40. The van der Waals surface area contributed by atoms with Gasteiger partial charge in [0.05, 0.1) is 30.0 Å². The highest BCUT2D eigenvalue weighted by Crippen LogP contribution is 2.31. The topological polar surface area (TPSA) is 54.5 Å². The Morgan fingerprint density at radius 1 is 1.03 bits per heavy atom. The molecule has 2 aromatic carbocycles. The molecule has 1 aromatic heterocycles. The highest BCUT2D eigenvalue weighted by atomic mass is 19.4. The van der Waals surface area contributed by atoms with Crippen LogP contribution in [0.2, 0.25) is 0 Å². The van der Waals surface area contributed by atoms with E-state index in [4.69, 9.17) is 4.74 Å². The van der Waals surface area contributed by atoms with Crippen LogP contribution in [0.1, 0.15) is 27.9 Å². The van der Waals surface area contributed by atoms with E-state index in [1.165, 1.54) is 18.3 Å². The van der Waals surface area contributed by atoms with Gasteiger partial charge in [-0.3, -0.25) is 14.7 Å². The fourth-order valence-electron chi connectivity index (χ4n) is 3.98. The smallest absolute Gasteiger partial charge is 0.379 e. The van der Waals surface area contributed by atoms with Crippen LogP contribution >= 0.6 is 0 Å². The summed E-state index contributed by atoms with van der Waals surface area (Å²) in [6.45, 7) is 4.20. The summed E-state index contributed by atoms with van der Waals surface area (Å²) in [7, 11) is 0. The fraction of sp³-hybridized carbons (Fsp3) is 0.308. The molecule has 1 aliphatic rings. The van der Waals surface area contributed by atoms with Crippen molar-refractivity contribution in [1.82, 2.24) is 9.88 Å². The number of nitrogens with one attached hydrogen (secondary N) is 1. The molecule has 1 saturated heterocycles. The van der Waals surface area contributed by atoms with Crippen molar-refractivity contribution >= 4 is 11.6 Å². The summed E-state index contributed by atoms with van der Waals surface area (Å²) in [5.41, 5.74) is 2.26. The molecule has 4 rings (SSSR count). The molecule has 0 aliphatic carbocycles. The van der Waals surface area contributed by atoms with Crippen LogP contribution in [0.4, 0.5) is 18.9 Å². The molecule has 0 unspecified atom stereocenters. The van der Waals surface area contributed by atoms with Gasteiger partial charge in [-0.15, -0.1) is 0 Å². The minimum atomic E-state index is -4.48.